The number of hydrazone groups is 1. The minimum absolute atomic E-state index is 0.108. The summed E-state index contributed by atoms with van der Waals surface area (Å²) in [5, 5.41) is 15.4. The molecule has 3 rings (SSSR count). The van der Waals surface area contributed by atoms with Crippen LogP contribution in [0.25, 0.3) is 10.8 Å². The Balaban J connectivity index is 1.86. The van der Waals surface area contributed by atoms with Crippen LogP contribution in [0.15, 0.2) is 65.8 Å². The fourth-order valence-electron chi connectivity index (χ4n) is 2.52. The van der Waals surface area contributed by atoms with Crippen molar-refractivity contribution in [3.8, 4) is 11.5 Å². The molecule has 0 saturated heterocycles. The summed E-state index contributed by atoms with van der Waals surface area (Å²) in [7, 11) is 0. The molecule has 0 spiro atoms. The average Bonchev–Trinajstić information content (AvgIpc) is 2.64. The molecule has 0 unspecified atom stereocenters. The molecule has 0 saturated carbocycles. The molecule has 5 nitrogen and oxygen atoms in total. The largest absolute Gasteiger partial charge is 0.508 e. The second-order valence-electron chi connectivity index (χ2n) is 5.38. The van der Waals surface area contributed by atoms with Gasteiger partial charge in [-0.1, -0.05) is 30.3 Å². The van der Waals surface area contributed by atoms with Crippen molar-refractivity contribution in [2.75, 3.05) is 6.61 Å². The number of nitrogens with zero attached hydrogens (tertiary/aromatic N) is 1. The van der Waals surface area contributed by atoms with Crippen molar-refractivity contribution >= 4 is 22.9 Å². The van der Waals surface area contributed by atoms with Gasteiger partial charge in [0.1, 0.15) is 11.5 Å². The summed E-state index contributed by atoms with van der Waals surface area (Å²) < 4.78 is 5.67. The number of phenols is 1. The lowest BCUT2D eigenvalue weighted by atomic mass is 10.0. The zero-order chi connectivity index (χ0) is 17.6. The Morgan fingerprint density at radius 2 is 1.88 bits per heavy atom. The van der Waals surface area contributed by atoms with Crippen LogP contribution >= 0.6 is 0 Å². The summed E-state index contributed by atoms with van der Waals surface area (Å²) in [5.74, 6) is 0.468. The molecule has 3 aromatic rings. The number of amides is 1. The number of carbonyl (C=O) groups is 1. The molecular formula is C20H18N2O3. The highest BCUT2D eigenvalue weighted by atomic mass is 16.5. The van der Waals surface area contributed by atoms with E-state index in [2.05, 4.69) is 10.5 Å². The summed E-state index contributed by atoms with van der Waals surface area (Å²) in [4.78, 5) is 12.1. The van der Waals surface area contributed by atoms with Crippen molar-refractivity contribution in [2.24, 2.45) is 5.10 Å². The smallest absolute Gasteiger partial charge is 0.271 e. The van der Waals surface area contributed by atoms with Gasteiger partial charge in [0.25, 0.3) is 5.91 Å². The van der Waals surface area contributed by atoms with Crippen molar-refractivity contribution in [3.63, 3.8) is 0 Å². The van der Waals surface area contributed by atoms with E-state index in [1.54, 1.807) is 6.21 Å². The van der Waals surface area contributed by atoms with E-state index in [0.717, 1.165) is 16.3 Å². The number of ether oxygens (including phenoxy) is 1. The number of nitrogens with one attached hydrogen (secondary N) is 1. The van der Waals surface area contributed by atoms with Crippen molar-refractivity contribution < 1.29 is 14.6 Å². The van der Waals surface area contributed by atoms with Gasteiger partial charge in [0.2, 0.25) is 0 Å². The molecule has 25 heavy (non-hydrogen) atoms. The lowest BCUT2D eigenvalue weighted by molar-refractivity contribution is 0.0955. The van der Waals surface area contributed by atoms with Crippen LogP contribution in [-0.4, -0.2) is 23.8 Å². The molecule has 0 bridgehead atoms. The molecule has 0 aromatic heterocycles. The van der Waals surface area contributed by atoms with Gasteiger partial charge in [0.05, 0.1) is 12.8 Å². The normalized spacial score (nSPS) is 10.9. The Kier molecular flexibility index (Phi) is 4.95. The fraction of sp³-hybridized carbons (Fsp3) is 0.100. The molecule has 3 aromatic carbocycles. The van der Waals surface area contributed by atoms with Gasteiger partial charge >= 0.3 is 0 Å². The average molecular weight is 334 g/mol. The van der Waals surface area contributed by atoms with Gasteiger partial charge in [-0.05, 0) is 48.0 Å². The molecule has 0 atom stereocenters. The summed E-state index contributed by atoms with van der Waals surface area (Å²) in [5.41, 5.74) is 3.72. The Bertz CT molecular complexity index is 918. The number of aromatic hydroxyl groups is 1. The van der Waals surface area contributed by atoms with E-state index in [1.807, 2.05) is 43.3 Å². The monoisotopic (exact) mass is 334 g/mol. The predicted octanol–water partition coefficient (Wildman–Crippen LogP) is 3.71. The Hall–Kier alpha value is -3.34. The van der Waals surface area contributed by atoms with Crippen LogP contribution < -0.4 is 10.2 Å². The molecule has 0 radical (unpaired) electrons. The number of phenolic OH excluding ortho intramolecular Hbond substituents is 1. The molecule has 0 aliphatic heterocycles. The predicted molar refractivity (Wildman–Crippen MR) is 98.3 cm³/mol. The Labute approximate surface area is 145 Å². The van der Waals surface area contributed by atoms with E-state index in [4.69, 9.17) is 4.74 Å². The molecule has 0 fully saturated rings. The van der Waals surface area contributed by atoms with Crippen LogP contribution in [0, 0.1) is 0 Å². The minimum Gasteiger partial charge on any atom is -0.508 e. The molecule has 0 aliphatic carbocycles. The summed E-state index contributed by atoms with van der Waals surface area (Å²) >= 11 is 0. The number of carbonyl (C=O) groups excluding carboxylic acids is 1. The van der Waals surface area contributed by atoms with Crippen molar-refractivity contribution in [2.45, 2.75) is 6.92 Å². The zero-order valence-corrected chi connectivity index (χ0v) is 13.8. The van der Waals surface area contributed by atoms with Crippen molar-refractivity contribution in [3.05, 3.63) is 71.8 Å². The molecule has 0 heterocycles. The standard InChI is InChI=1S/C20H18N2O3/c1-2-25-19-12-9-14-5-3-4-6-17(14)18(19)13-21-22-20(24)15-7-10-16(23)11-8-15/h3-13,23H,2H2,1H3,(H,22,24)/b21-13-. The quantitative estimate of drug-likeness (QED) is 0.552. The maximum absolute atomic E-state index is 12.1. The van der Waals surface area contributed by atoms with E-state index in [-0.39, 0.29) is 11.7 Å². The maximum Gasteiger partial charge on any atom is 0.271 e. The summed E-state index contributed by atoms with van der Waals surface area (Å²) in [6.07, 6.45) is 1.59. The van der Waals surface area contributed by atoms with Crippen LogP contribution in [0.1, 0.15) is 22.8 Å². The second kappa shape index (κ2) is 7.49. The van der Waals surface area contributed by atoms with Crippen LogP contribution in [-0.2, 0) is 0 Å². The fourth-order valence-corrected chi connectivity index (χ4v) is 2.52. The lowest BCUT2D eigenvalue weighted by Gasteiger charge is -2.10. The molecule has 2 N–H and O–H groups in total. The number of hydrogen-bond donors (Lipinski definition) is 2. The number of benzene rings is 3. The van der Waals surface area contributed by atoms with E-state index >= 15 is 0 Å². The molecule has 5 heteroatoms. The van der Waals surface area contributed by atoms with Crippen molar-refractivity contribution in [1.29, 1.82) is 0 Å². The molecule has 126 valence electrons. The highest BCUT2D eigenvalue weighted by Crippen LogP contribution is 2.26. The number of rotatable bonds is 5. The van der Waals surface area contributed by atoms with Crippen LogP contribution in [0.5, 0.6) is 11.5 Å². The van der Waals surface area contributed by atoms with Crippen LogP contribution in [0.4, 0.5) is 0 Å². The first-order valence-electron chi connectivity index (χ1n) is 7.96. The SMILES string of the molecule is CCOc1ccc2ccccc2c1/C=N\NC(=O)c1ccc(O)cc1. The summed E-state index contributed by atoms with van der Waals surface area (Å²) in [6, 6.07) is 17.8. The van der Waals surface area contributed by atoms with Crippen LogP contribution in [0.3, 0.4) is 0 Å². The van der Waals surface area contributed by atoms with Crippen molar-refractivity contribution in [1.82, 2.24) is 5.43 Å². The Morgan fingerprint density at radius 1 is 1.12 bits per heavy atom. The van der Waals surface area contributed by atoms with E-state index < -0.39 is 0 Å². The van der Waals surface area contributed by atoms with Gasteiger partial charge in [0.15, 0.2) is 0 Å². The number of fused-ring (bicyclic) bond motifs is 1. The third-order valence-corrected chi connectivity index (χ3v) is 3.72. The lowest BCUT2D eigenvalue weighted by Crippen LogP contribution is -2.17. The van der Waals surface area contributed by atoms with Gasteiger partial charge in [0, 0.05) is 11.1 Å². The maximum atomic E-state index is 12.1. The van der Waals surface area contributed by atoms with E-state index in [9.17, 15) is 9.90 Å². The number of hydrogen-bond acceptors (Lipinski definition) is 4. The first-order chi connectivity index (χ1) is 12.2. The molecular weight excluding hydrogens is 316 g/mol. The first kappa shape index (κ1) is 16.5. The van der Waals surface area contributed by atoms with Gasteiger partial charge < -0.3 is 9.84 Å². The minimum atomic E-state index is -0.352. The van der Waals surface area contributed by atoms with Gasteiger partial charge in [-0.25, -0.2) is 5.43 Å². The first-order valence-corrected chi connectivity index (χ1v) is 7.96. The summed E-state index contributed by atoms with van der Waals surface area (Å²) in [6.45, 7) is 2.46. The van der Waals surface area contributed by atoms with E-state index in [1.165, 1.54) is 24.3 Å². The highest BCUT2D eigenvalue weighted by molar-refractivity contribution is 6.03. The second-order valence-corrected chi connectivity index (χ2v) is 5.38. The zero-order valence-electron chi connectivity index (χ0n) is 13.8. The van der Waals surface area contributed by atoms with Gasteiger partial charge in [-0.15, -0.1) is 0 Å². The third kappa shape index (κ3) is 3.77. The highest BCUT2D eigenvalue weighted by Gasteiger charge is 2.07. The van der Waals surface area contributed by atoms with Crippen LogP contribution in [0.2, 0.25) is 0 Å². The topological polar surface area (TPSA) is 70.9 Å². The molecule has 0 aliphatic rings. The van der Waals surface area contributed by atoms with Gasteiger partial charge in [-0.3, -0.25) is 4.79 Å². The Morgan fingerprint density at radius 3 is 2.64 bits per heavy atom. The van der Waals surface area contributed by atoms with E-state index in [0.29, 0.717) is 17.9 Å². The third-order valence-electron chi connectivity index (χ3n) is 3.72. The van der Waals surface area contributed by atoms with Gasteiger partial charge in [-0.2, -0.15) is 5.10 Å². The molecule has 1 amide bonds.